The maximum Gasteiger partial charge on any atom is 0.249 e. The Kier molecular flexibility index (Phi) is 2.41. The highest BCUT2D eigenvalue weighted by atomic mass is 16.1. The average molecular weight is 199 g/mol. The highest BCUT2D eigenvalue weighted by Crippen LogP contribution is 2.20. The maximum absolute atomic E-state index is 11.2. The summed E-state index contributed by atoms with van der Waals surface area (Å²) in [6, 6.07) is 8.83. The molecule has 0 aliphatic carbocycles. The van der Waals surface area contributed by atoms with Crippen molar-refractivity contribution in [2.75, 3.05) is 0 Å². The van der Waals surface area contributed by atoms with Gasteiger partial charge in [0.1, 0.15) is 6.33 Å². The molecule has 74 valence electrons. The summed E-state index contributed by atoms with van der Waals surface area (Å²) in [6.07, 6.45) is 3.06. The van der Waals surface area contributed by atoms with Gasteiger partial charge < -0.3 is 5.73 Å². The largest absolute Gasteiger partial charge is 0.366 e. The van der Waals surface area contributed by atoms with Crippen LogP contribution in [-0.2, 0) is 0 Å². The van der Waals surface area contributed by atoms with Gasteiger partial charge in [-0.25, -0.2) is 9.97 Å². The van der Waals surface area contributed by atoms with Crippen LogP contribution >= 0.6 is 0 Å². The van der Waals surface area contributed by atoms with Gasteiger partial charge in [0.05, 0.1) is 5.69 Å². The number of nitrogens with two attached hydrogens (primary N) is 1. The van der Waals surface area contributed by atoms with E-state index in [1.807, 2.05) is 12.1 Å². The van der Waals surface area contributed by atoms with E-state index in [1.165, 1.54) is 6.33 Å². The molecule has 0 unspecified atom stereocenters. The quantitative estimate of drug-likeness (QED) is 0.791. The van der Waals surface area contributed by atoms with Crippen LogP contribution in [0.4, 0.5) is 0 Å². The Morgan fingerprint density at radius 1 is 1.20 bits per heavy atom. The van der Waals surface area contributed by atoms with Gasteiger partial charge in [-0.1, -0.05) is 18.2 Å². The van der Waals surface area contributed by atoms with Crippen molar-refractivity contribution < 1.29 is 4.79 Å². The number of carbonyl (C=O) groups excluding carboxylic acids is 1. The lowest BCUT2D eigenvalue weighted by molar-refractivity contribution is 0.100. The topological polar surface area (TPSA) is 68.9 Å². The zero-order valence-electron chi connectivity index (χ0n) is 7.92. The molecule has 1 amide bonds. The maximum atomic E-state index is 11.2. The standard InChI is InChI=1S/C11H9N3O/c12-11(15)9-4-2-1-3-8(9)10-5-6-13-7-14-10/h1-7H,(H2,12,15). The van der Waals surface area contributed by atoms with E-state index in [9.17, 15) is 4.79 Å². The van der Waals surface area contributed by atoms with Gasteiger partial charge >= 0.3 is 0 Å². The molecule has 2 rings (SSSR count). The highest BCUT2D eigenvalue weighted by Gasteiger charge is 2.09. The fraction of sp³-hybridized carbons (Fsp3) is 0. The summed E-state index contributed by atoms with van der Waals surface area (Å²) in [5, 5.41) is 0. The molecule has 4 nitrogen and oxygen atoms in total. The summed E-state index contributed by atoms with van der Waals surface area (Å²) in [6.45, 7) is 0. The minimum Gasteiger partial charge on any atom is -0.366 e. The first kappa shape index (κ1) is 9.33. The molecule has 0 atom stereocenters. The van der Waals surface area contributed by atoms with Crippen LogP contribution in [0.1, 0.15) is 10.4 Å². The molecule has 0 bridgehead atoms. The van der Waals surface area contributed by atoms with Crippen LogP contribution in [0, 0.1) is 0 Å². The van der Waals surface area contributed by atoms with E-state index >= 15 is 0 Å². The van der Waals surface area contributed by atoms with Gasteiger partial charge in [0.25, 0.3) is 0 Å². The Hall–Kier alpha value is -2.23. The predicted molar refractivity (Wildman–Crippen MR) is 56.0 cm³/mol. The van der Waals surface area contributed by atoms with Crippen molar-refractivity contribution in [1.82, 2.24) is 9.97 Å². The van der Waals surface area contributed by atoms with Crippen LogP contribution in [0.25, 0.3) is 11.3 Å². The van der Waals surface area contributed by atoms with Crippen LogP contribution in [0.5, 0.6) is 0 Å². The van der Waals surface area contributed by atoms with Gasteiger partial charge in [-0.3, -0.25) is 4.79 Å². The Morgan fingerprint density at radius 3 is 2.67 bits per heavy atom. The minimum atomic E-state index is -0.454. The molecule has 0 aliphatic heterocycles. The molecule has 1 heterocycles. The van der Waals surface area contributed by atoms with Gasteiger partial charge in [-0.05, 0) is 12.1 Å². The smallest absolute Gasteiger partial charge is 0.249 e. The van der Waals surface area contributed by atoms with Crippen molar-refractivity contribution in [2.24, 2.45) is 5.73 Å². The normalized spacial score (nSPS) is 9.87. The van der Waals surface area contributed by atoms with E-state index < -0.39 is 5.91 Å². The second-order valence-electron chi connectivity index (χ2n) is 3.00. The van der Waals surface area contributed by atoms with Crippen LogP contribution in [0.15, 0.2) is 42.9 Å². The summed E-state index contributed by atoms with van der Waals surface area (Å²) >= 11 is 0. The van der Waals surface area contributed by atoms with Gasteiger partial charge in [-0.2, -0.15) is 0 Å². The third-order valence-electron chi connectivity index (χ3n) is 2.05. The first-order valence-corrected chi connectivity index (χ1v) is 4.44. The molecule has 0 aliphatic rings. The number of carbonyl (C=O) groups is 1. The van der Waals surface area contributed by atoms with Crippen LogP contribution in [0.3, 0.4) is 0 Å². The van der Waals surface area contributed by atoms with Crippen LogP contribution < -0.4 is 5.73 Å². The van der Waals surface area contributed by atoms with E-state index in [4.69, 9.17) is 5.73 Å². The second-order valence-corrected chi connectivity index (χ2v) is 3.00. The van der Waals surface area contributed by atoms with Gasteiger partial charge in [0.2, 0.25) is 5.91 Å². The Balaban J connectivity index is 2.58. The summed E-state index contributed by atoms with van der Waals surface area (Å²) in [5.74, 6) is -0.454. The number of primary amides is 1. The molecule has 2 aromatic rings. The number of hydrogen-bond acceptors (Lipinski definition) is 3. The van der Waals surface area contributed by atoms with Crippen molar-refractivity contribution in [3.05, 3.63) is 48.4 Å². The zero-order chi connectivity index (χ0) is 10.7. The molecule has 0 saturated heterocycles. The Bertz CT molecular complexity index is 482. The van der Waals surface area contributed by atoms with E-state index in [0.717, 1.165) is 5.56 Å². The lowest BCUT2D eigenvalue weighted by atomic mass is 10.0. The number of hydrogen-bond donors (Lipinski definition) is 1. The van der Waals surface area contributed by atoms with E-state index in [-0.39, 0.29) is 0 Å². The fourth-order valence-corrected chi connectivity index (χ4v) is 1.37. The fourth-order valence-electron chi connectivity index (χ4n) is 1.37. The van der Waals surface area contributed by atoms with Crippen LogP contribution in [0.2, 0.25) is 0 Å². The number of nitrogens with zero attached hydrogens (tertiary/aromatic N) is 2. The average Bonchev–Trinajstić information content (AvgIpc) is 2.30. The third-order valence-corrected chi connectivity index (χ3v) is 2.05. The number of rotatable bonds is 2. The lowest BCUT2D eigenvalue weighted by Gasteiger charge is -2.04. The van der Waals surface area contributed by atoms with Crippen molar-refractivity contribution in [3.8, 4) is 11.3 Å². The number of amides is 1. The first-order chi connectivity index (χ1) is 7.29. The molecule has 0 radical (unpaired) electrons. The molecule has 2 N–H and O–H groups in total. The van der Waals surface area contributed by atoms with Crippen molar-refractivity contribution >= 4 is 5.91 Å². The molecule has 15 heavy (non-hydrogen) atoms. The first-order valence-electron chi connectivity index (χ1n) is 4.44. The number of aromatic nitrogens is 2. The molecule has 0 fully saturated rings. The molecule has 0 spiro atoms. The van der Waals surface area contributed by atoms with E-state index in [0.29, 0.717) is 11.3 Å². The molecular formula is C11H9N3O. The van der Waals surface area contributed by atoms with Crippen molar-refractivity contribution in [1.29, 1.82) is 0 Å². The molecule has 4 heteroatoms. The summed E-state index contributed by atoms with van der Waals surface area (Å²) in [4.78, 5) is 19.1. The monoisotopic (exact) mass is 199 g/mol. The van der Waals surface area contributed by atoms with E-state index in [2.05, 4.69) is 9.97 Å². The van der Waals surface area contributed by atoms with Gasteiger partial charge in [-0.15, -0.1) is 0 Å². The number of benzene rings is 1. The molecule has 1 aromatic heterocycles. The summed E-state index contributed by atoms with van der Waals surface area (Å²) in [5.41, 5.74) is 7.16. The molecule has 0 saturated carbocycles. The zero-order valence-corrected chi connectivity index (χ0v) is 7.92. The minimum absolute atomic E-state index is 0.454. The van der Waals surface area contributed by atoms with Crippen molar-refractivity contribution in [3.63, 3.8) is 0 Å². The van der Waals surface area contributed by atoms with Crippen molar-refractivity contribution in [2.45, 2.75) is 0 Å². The summed E-state index contributed by atoms with van der Waals surface area (Å²) in [7, 11) is 0. The highest BCUT2D eigenvalue weighted by molar-refractivity contribution is 5.99. The summed E-state index contributed by atoms with van der Waals surface area (Å²) < 4.78 is 0. The third kappa shape index (κ3) is 1.83. The van der Waals surface area contributed by atoms with Crippen LogP contribution in [-0.4, -0.2) is 15.9 Å². The second kappa shape index (κ2) is 3.88. The lowest BCUT2D eigenvalue weighted by Crippen LogP contribution is -2.12. The van der Waals surface area contributed by atoms with Gasteiger partial charge in [0, 0.05) is 17.3 Å². The Labute approximate surface area is 86.8 Å². The molecular weight excluding hydrogens is 190 g/mol. The van der Waals surface area contributed by atoms with E-state index in [1.54, 1.807) is 24.4 Å². The Morgan fingerprint density at radius 2 is 2.00 bits per heavy atom. The molecule has 1 aromatic carbocycles. The SMILES string of the molecule is NC(=O)c1ccccc1-c1ccncn1. The van der Waals surface area contributed by atoms with Gasteiger partial charge in [0.15, 0.2) is 0 Å². The predicted octanol–water partition coefficient (Wildman–Crippen LogP) is 1.24.